The highest BCUT2D eigenvalue weighted by molar-refractivity contribution is 5.97. The van der Waals surface area contributed by atoms with Crippen LogP contribution < -0.4 is 5.32 Å². The summed E-state index contributed by atoms with van der Waals surface area (Å²) in [6, 6.07) is 5.77. The summed E-state index contributed by atoms with van der Waals surface area (Å²) in [7, 11) is 1.62. The molecule has 0 fully saturated rings. The molecule has 3 heteroatoms. The lowest BCUT2D eigenvalue weighted by Gasteiger charge is -2.11. The molecule has 0 atom stereocenters. The Hall–Kier alpha value is -1.35. The number of carbonyl (C=O) groups excluding carboxylic acids is 1. The molecule has 0 saturated heterocycles. The summed E-state index contributed by atoms with van der Waals surface area (Å²) < 4.78 is 0. The van der Waals surface area contributed by atoms with Gasteiger partial charge in [0.2, 0.25) is 0 Å². The molecule has 3 nitrogen and oxygen atoms in total. The summed E-state index contributed by atoms with van der Waals surface area (Å²) in [6.45, 7) is 2.08. The maximum absolute atomic E-state index is 11.7. The monoisotopic (exact) mass is 207 g/mol. The van der Waals surface area contributed by atoms with Crippen molar-refractivity contribution in [2.75, 3.05) is 13.7 Å². The van der Waals surface area contributed by atoms with Gasteiger partial charge in [-0.25, -0.2) is 0 Å². The third-order valence-electron chi connectivity index (χ3n) is 2.45. The summed E-state index contributed by atoms with van der Waals surface area (Å²) in [5.41, 5.74) is 2.66. The fraction of sp³-hybridized carbons (Fsp3) is 0.417. The first-order chi connectivity index (χ1) is 7.24. The maximum Gasteiger partial charge on any atom is 0.251 e. The van der Waals surface area contributed by atoms with Crippen molar-refractivity contribution in [3.8, 4) is 0 Å². The smallest absolute Gasteiger partial charge is 0.251 e. The topological polar surface area (TPSA) is 49.3 Å². The van der Waals surface area contributed by atoms with Crippen LogP contribution in [-0.4, -0.2) is 24.7 Å². The van der Waals surface area contributed by atoms with Gasteiger partial charge in [0.25, 0.3) is 5.91 Å². The second-order valence-corrected chi connectivity index (χ2v) is 3.36. The van der Waals surface area contributed by atoms with E-state index in [0.717, 1.165) is 23.1 Å². The van der Waals surface area contributed by atoms with Gasteiger partial charge in [0.15, 0.2) is 0 Å². The summed E-state index contributed by atoms with van der Waals surface area (Å²) in [5.74, 6) is -0.0732. The molecule has 0 aliphatic heterocycles. The molecule has 1 rings (SSSR count). The van der Waals surface area contributed by atoms with Gasteiger partial charge in [0.1, 0.15) is 0 Å². The third kappa shape index (κ3) is 2.57. The number of carbonyl (C=O) groups is 1. The van der Waals surface area contributed by atoms with E-state index in [1.54, 1.807) is 7.05 Å². The van der Waals surface area contributed by atoms with Gasteiger partial charge in [-0.1, -0.05) is 25.1 Å². The first kappa shape index (κ1) is 11.7. The Kier molecular flexibility index (Phi) is 4.31. The van der Waals surface area contributed by atoms with Crippen LogP contribution in [0.15, 0.2) is 18.2 Å². The lowest BCUT2D eigenvalue weighted by Crippen LogP contribution is -2.21. The molecule has 0 unspecified atom stereocenters. The van der Waals surface area contributed by atoms with Crippen molar-refractivity contribution in [1.82, 2.24) is 5.32 Å². The molecule has 0 aliphatic rings. The van der Waals surface area contributed by atoms with Crippen LogP contribution in [0.4, 0.5) is 0 Å². The van der Waals surface area contributed by atoms with E-state index < -0.39 is 0 Å². The highest BCUT2D eigenvalue weighted by Crippen LogP contribution is 2.16. The fourth-order valence-electron chi connectivity index (χ4n) is 1.69. The number of benzene rings is 1. The Labute approximate surface area is 90.1 Å². The molecule has 0 heterocycles. The van der Waals surface area contributed by atoms with Gasteiger partial charge in [0.05, 0.1) is 0 Å². The zero-order valence-electron chi connectivity index (χ0n) is 9.21. The molecule has 1 aromatic rings. The van der Waals surface area contributed by atoms with Gasteiger partial charge in [0, 0.05) is 19.2 Å². The molecule has 0 aliphatic carbocycles. The van der Waals surface area contributed by atoms with Gasteiger partial charge >= 0.3 is 0 Å². The molecule has 0 spiro atoms. The SMILES string of the molecule is CCc1cccc(CCO)c1C(=O)NC. The van der Waals surface area contributed by atoms with Crippen molar-refractivity contribution in [2.24, 2.45) is 0 Å². The van der Waals surface area contributed by atoms with Gasteiger partial charge in [-0.15, -0.1) is 0 Å². The first-order valence-electron chi connectivity index (χ1n) is 5.18. The minimum atomic E-state index is -0.0732. The van der Waals surface area contributed by atoms with Crippen LogP contribution in [0.2, 0.25) is 0 Å². The lowest BCUT2D eigenvalue weighted by atomic mass is 9.97. The molecule has 0 aromatic heterocycles. The van der Waals surface area contributed by atoms with Crippen LogP contribution in [-0.2, 0) is 12.8 Å². The highest BCUT2D eigenvalue weighted by atomic mass is 16.3. The van der Waals surface area contributed by atoms with E-state index in [4.69, 9.17) is 5.11 Å². The van der Waals surface area contributed by atoms with Gasteiger partial charge in [-0.2, -0.15) is 0 Å². The summed E-state index contributed by atoms with van der Waals surface area (Å²) in [4.78, 5) is 11.7. The van der Waals surface area contributed by atoms with E-state index in [1.807, 2.05) is 25.1 Å². The minimum absolute atomic E-state index is 0.0666. The van der Waals surface area contributed by atoms with Crippen LogP contribution in [0.1, 0.15) is 28.4 Å². The molecule has 0 radical (unpaired) electrons. The maximum atomic E-state index is 11.7. The zero-order valence-corrected chi connectivity index (χ0v) is 9.21. The number of hydrogen-bond donors (Lipinski definition) is 2. The Morgan fingerprint density at radius 3 is 2.60 bits per heavy atom. The molecule has 0 bridgehead atoms. The molecule has 15 heavy (non-hydrogen) atoms. The van der Waals surface area contributed by atoms with Crippen molar-refractivity contribution in [1.29, 1.82) is 0 Å². The predicted octanol–water partition coefficient (Wildman–Crippen LogP) is 1.14. The van der Waals surface area contributed by atoms with Gasteiger partial charge < -0.3 is 10.4 Å². The van der Waals surface area contributed by atoms with Gasteiger partial charge in [-0.05, 0) is 24.0 Å². The Bertz CT molecular complexity index is 347. The van der Waals surface area contributed by atoms with E-state index >= 15 is 0 Å². The summed E-state index contributed by atoms with van der Waals surface area (Å²) >= 11 is 0. The number of aliphatic hydroxyl groups is 1. The number of amides is 1. The highest BCUT2D eigenvalue weighted by Gasteiger charge is 2.13. The first-order valence-corrected chi connectivity index (χ1v) is 5.18. The number of aryl methyl sites for hydroxylation is 1. The van der Waals surface area contributed by atoms with Crippen molar-refractivity contribution in [2.45, 2.75) is 19.8 Å². The Morgan fingerprint density at radius 1 is 1.40 bits per heavy atom. The van der Waals surface area contributed by atoms with Crippen LogP contribution in [0.25, 0.3) is 0 Å². The van der Waals surface area contributed by atoms with Crippen molar-refractivity contribution >= 4 is 5.91 Å². The lowest BCUT2D eigenvalue weighted by molar-refractivity contribution is 0.0961. The number of aliphatic hydroxyl groups excluding tert-OH is 1. The fourth-order valence-corrected chi connectivity index (χ4v) is 1.69. The predicted molar refractivity (Wildman–Crippen MR) is 60.0 cm³/mol. The Balaban J connectivity index is 3.20. The average molecular weight is 207 g/mol. The molecule has 82 valence electrons. The van der Waals surface area contributed by atoms with E-state index in [0.29, 0.717) is 6.42 Å². The van der Waals surface area contributed by atoms with Crippen LogP contribution in [0, 0.1) is 0 Å². The standard InChI is InChI=1S/C12H17NO2/c1-3-9-5-4-6-10(7-8-14)11(9)12(15)13-2/h4-6,14H,3,7-8H2,1-2H3,(H,13,15). The van der Waals surface area contributed by atoms with E-state index in [2.05, 4.69) is 5.32 Å². The quantitative estimate of drug-likeness (QED) is 0.778. The normalized spacial score (nSPS) is 10.1. The molecular formula is C12H17NO2. The van der Waals surface area contributed by atoms with Crippen LogP contribution in [0.5, 0.6) is 0 Å². The van der Waals surface area contributed by atoms with Crippen LogP contribution in [0.3, 0.4) is 0 Å². The molecule has 0 saturated carbocycles. The third-order valence-corrected chi connectivity index (χ3v) is 2.45. The van der Waals surface area contributed by atoms with E-state index in [-0.39, 0.29) is 12.5 Å². The number of nitrogens with one attached hydrogen (secondary N) is 1. The largest absolute Gasteiger partial charge is 0.396 e. The van der Waals surface area contributed by atoms with Crippen molar-refractivity contribution in [3.05, 3.63) is 34.9 Å². The molecule has 1 aromatic carbocycles. The number of hydrogen-bond acceptors (Lipinski definition) is 2. The average Bonchev–Trinajstić information content (AvgIpc) is 2.28. The van der Waals surface area contributed by atoms with Crippen molar-refractivity contribution < 1.29 is 9.90 Å². The second-order valence-electron chi connectivity index (χ2n) is 3.36. The Morgan fingerprint density at radius 2 is 2.07 bits per heavy atom. The van der Waals surface area contributed by atoms with E-state index in [1.165, 1.54) is 0 Å². The summed E-state index contributed by atoms with van der Waals surface area (Å²) in [6.07, 6.45) is 1.35. The second kappa shape index (κ2) is 5.51. The molecule has 1 amide bonds. The summed E-state index contributed by atoms with van der Waals surface area (Å²) in [5, 5.41) is 11.6. The number of rotatable bonds is 4. The molecule has 2 N–H and O–H groups in total. The molecular weight excluding hydrogens is 190 g/mol. The minimum Gasteiger partial charge on any atom is -0.396 e. The van der Waals surface area contributed by atoms with Crippen molar-refractivity contribution in [3.63, 3.8) is 0 Å². The van der Waals surface area contributed by atoms with Gasteiger partial charge in [-0.3, -0.25) is 4.79 Å². The van der Waals surface area contributed by atoms with Crippen LogP contribution >= 0.6 is 0 Å². The zero-order chi connectivity index (χ0) is 11.3. The van der Waals surface area contributed by atoms with E-state index in [9.17, 15) is 4.79 Å².